The van der Waals surface area contributed by atoms with E-state index in [9.17, 15) is 5.11 Å². The standard InChI is InChI=1S/C14H22N2O2/c1-18-11-5-6-12(15)13(9-11)16-14(10-17)7-3-2-4-8-14/h5-6,9,16-17H,2-4,7-8,10,15H2,1H3. The van der Waals surface area contributed by atoms with E-state index >= 15 is 0 Å². The van der Waals surface area contributed by atoms with Crippen molar-refractivity contribution >= 4 is 11.4 Å². The van der Waals surface area contributed by atoms with Crippen molar-refractivity contribution in [3.05, 3.63) is 18.2 Å². The Labute approximate surface area is 108 Å². The number of rotatable bonds is 4. The fourth-order valence-corrected chi connectivity index (χ4v) is 2.61. The van der Waals surface area contributed by atoms with E-state index < -0.39 is 0 Å². The fourth-order valence-electron chi connectivity index (χ4n) is 2.61. The maximum Gasteiger partial charge on any atom is 0.121 e. The minimum Gasteiger partial charge on any atom is -0.497 e. The van der Waals surface area contributed by atoms with Crippen LogP contribution in [0.5, 0.6) is 5.75 Å². The number of anilines is 2. The van der Waals surface area contributed by atoms with Gasteiger partial charge in [-0.25, -0.2) is 0 Å². The number of methoxy groups -OCH3 is 1. The maximum atomic E-state index is 9.69. The number of benzene rings is 1. The van der Waals surface area contributed by atoms with Gasteiger partial charge in [0.2, 0.25) is 0 Å². The number of nitrogen functional groups attached to an aromatic ring is 1. The van der Waals surface area contributed by atoms with Crippen LogP contribution >= 0.6 is 0 Å². The molecule has 0 saturated heterocycles. The van der Waals surface area contributed by atoms with Crippen molar-refractivity contribution in [2.24, 2.45) is 0 Å². The van der Waals surface area contributed by atoms with Gasteiger partial charge < -0.3 is 20.9 Å². The highest BCUT2D eigenvalue weighted by Crippen LogP contribution is 2.34. The van der Waals surface area contributed by atoms with E-state index in [-0.39, 0.29) is 12.1 Å². The summed E-state index contributed by atoms with van der Waals surface area (Å²) in [6.07, 6.45) is 5.52. The maximum absolute atomic E-state index is 9.69. The van der Waals surface area contributed by atoms with Gasteiger partial charge in [0.1, 0.15) is 5.75 Å². The first-order valence-corrected chi connectivity index (χ1v) is 6.52. The van der Waals surface area contributed by atoms with Gasteiger partial charge in [0, 0.05) is 6.07 Å². The first kappa shape index (κ1) is 13.0. The van der Waals surface area contributed by atoms with E-state index in [1.165, 1.54) is 6.42 Å². The molecule has 0 heterocycles. The molecule has 4 nitrogen and oxygen atoms in total. The Kier molecular flexibility index (Phi) is 3.97. The molecule has 0 amide bonds. The monoisotopic (exact) mass is 250 g/mol. The minimum absolute atomic E-state index is 0.143. The molecule has 1 fully saturated rings. The number of aliphatic hydroxyl groups is 1. The van der Waals surface area contributed by atoms with Gasteiger partial charge in [-0.3, -0.25) is 0 Å². The molecular weight excluding hydrogens is 228 g/mol. The summed E-state index contributed by atoms with van der Waals surface area (Å²) >= 11 is 0. The number of aliphatic hydroxyl groups excluding tert-OH is 1. The van der Waals surface area contributed by atoms with E-state index in [2.05, 4.69) is 5.32 Å². The Balaban J connectivity index is 2.20. The molecule has 0 atom stereocenters. The average Bonchev–Trinajstić information content (AvgIpc) is 2.42. The van der Waals surface area contributed by atoms with E-state index in [0.717, 1.165) is 37.1 Å². The zero-order valence-corrected chi connectivity index (χ0v) is 10.9. The highest BCUT2D eigenvalue weighted by atomic mass is 16.5. The summed E-state index contributed by atoms with van der Waals surface area (Å²) in [5.41, 5.74) is 7.29. The Hall–Kier alpha value is -1.42. The molecule has 0 aliphatic heterocycles. The van der Waals surface area contributed by atoms with Gasteiger partial charge in [0.25, 0.3) is 0 Å². The van der Waals surface area contributed by atoms with Gasteiger partial charge in [0.05, 0.1) is 30.6 Å². The second-order valence-corrected chi connectivity index (χ2v) is 5.08. The molecule has 1 aliphatic carbocycles. The summed E-state index contributed by atoms with van der Waals surface area (Å²) in [5, 5.41) is 13.1. The molecule has 100 valence electrons. The van der Waals surface area contributed by atoms with Gasteiger partial charge in [-0.1, -0.05) is 19.3 Å². The lowest BCUT2D eigenvalue weighted by molar-refractivity contribution is 0.173. The lowest BCUT2D eigenvalue weighted by atomic mass is 9.82. The van der Waals surface area contributed by atoms with Crippen LogP contribution in [0, 0.1) is 0 Å². The number of hydrogen-bond acceptors (Lipinski definition) is 4. The van der Waals surface area contributed by atoms with E-state index in [1.54, 1.807) is 7.11 Å². The van der Waals surface area contributed by atoms with Crippen molar-refractivity contribution in [1.82, 2.24) is 0 Å². The molecule has 1 saturated carbocycles. The van der Waals surface area contributed by atoms with Crippen LogP contribution in [0.3, 0.4) is 0 Å². The summed E-state index contributed by atoms with van der Waals surface area (Å²) in [7, 11) is 1.64. The lowest BCUT2D eigenvalue weighted by Gasteiger charge is -2.37. The fraction of sp³-hybridized carbons (Fsp3) is 0.571. The third-order valence-corrected chi connectivity index (χ3v) is 3.77. The third-order valence-electron chi connectivity index (χ3n) is 3.77. The van der Waals surface area contributed by atoms with Crippen molar-refractivity contribution in [2.75, 3.05) is 24.8 Å². The second-order valence-electron chi connectivity index (χ2n) is 5.08. The summed E-state index contributed by atoms with van der Waals surface area (Å²) in [6.45, 7) is 0.143. The van der Waals surface area contributed by atoms with Crippen LogP contribution in [-0.4, -0.2) is 24.4 Å². The molecule has 0 radical (unpaired) electrons. The average molecular weight is 250 g/mol. The van der Waals surface area contributed by atoms with Crippen LogP contribution in [0.1, 0.15) is 32.1 Å². The molecular formula is C14H22N2O2. The Morgan fingerprint density at radius 3 is 2.67 bits per heavy atom. The van der Waals surface area contributed by atoms with Crippen LogP contribution < -0.4 is 15.8 Å². The number of ether oxygens (including phenoxy) is 1. The molecule has 0 spiro atoms. The predicted molar refractivity (Wildman–Crippen MR) is 73.9 cm³/mol. The lowest BCUT2D eigenvalue weighted by Crippen LogP contribution is -2.44. The van der Waals surface area contributed by atoms with Gasteiger partial charge in [-0.15, -0.1) is 0 Å². The molecule has 0 aromatic heterocycles. The molecule has 1 aliphatic rings. The van der Waals surface area contributed by atoms with E-state index in [1.807, 2.05) is 18.2 Å². The normalized spacial score (nSPS) is 18.3. The van der Waals surface area contributed by atoms with Crippen LogP contribution in [0.25, 0.3) is 0 Å². The number of nitrogens with two attached hydrogens (primary N) is 1. The molecule has 0 bridgehead atoms. The third kappa shape index (κ3) is 2.70. The molecule has 1 aromatic carbocycles. The SMILES string of the molecule is COc1ccc(N)c(NC2(CO)CCCCC2)c1. The second kappa shape index (κ2) is 5.48. The van der Waals surface area contributed by atoms with Crippen LogP contribution in [0.4, 0.5) is 11.4 Å². The first-order chi connectivity index (χ1) is 8.69. The van der Waals surface area contributed by atoms with Crippen molar-refractivity contribution in [3.8, 4) is 5.75 Å². The van der Waals surface area contributed by atoms with Crippen LogP contribution in [-0.2, 0) is 0 Å². The minimum atomic E-state index is -0.223. The van der Waals surface area contributed by atoms with Gasteiger partial charge >= 0.3 is 0 Å². The van der Waals surface area contributed by atoms with Crippen molar-refractivity contribution < 1.29 is 9.84 Å². The molecule has 1 aromatic rings. The Morgan fingerprint density at radius 1 is 1.33 bits per heavy atom. The summed E-state index contributed by atoms with van der Waals surface area (Å²) < 4.78 is 5.21. The quantitative estimate of drug-likeness (QED) is 0.718. The van der Waals surface area contributed by atoms with E-state index in [4.69, 9.17) is 10.5 Å². The highest BCUT2D eigenvalue weighted by Gasteiger charge is 2.31. The van der Waals surface area contributed by atoms with Crippen molar-refractivity contribution in [2.45, 2.75) is 37.6 Å². The zero-order chi connectivity index (χ0) is 13.0. The van der Waals surface area contributed by atoms with Crippen LogP contribution in [0.2, 0.25) is 0 Å². The Morgan fingerprint density at radius 2 is 2.06 bits per heavy atom. The van der Waals surface area contributed by atoms with Crippen LogP contribution in [0.15, 0.2) is 18.2 Å². The molecule has 4 heteroatoms. The highest BCUT2D eigenvalue weighted by molar-refractivity contribution is 5.69. The Bertz CT molecular complexity index is 401. The summed E-state index contributed by atoms with van der Waals surface area (Å²) in [5.74, 6) is 0.774. The van der Waals surface area contributed by atoms with Gasteiger partial charge in [-0.2, -0.15) is 0 Å². The topological polar surface area (TPSA) is 67.5 Å². The molecule has 18 heavy (non-hydrogen) atoms. The van der Waals surface area contributed by atoms with Gasteiger partial charge in [-0.05, 0) is 25.0 Å². The zero-order valence-electron chi connectivity index (χ0n) is 10.9. The van der Waals surface area contributed by atoms with Crippen molar-refractivity contribution in [3.63, 3.8) is 0 Å². The molecule has 2 rings (SSSR count). The number of hydrogen-bond donors (Lipinski definition) is 3. The summed E-state index contributed by atoms with van der Waals surface area (Å²) in [6, 6.07) is 5.56. The number of nitrogens with one attached hydrogen (secondary N) is 1. The van der Waals surface area contributed by atoms with E-state index in [0.29, 0.717) is 5.69 Å². The summed E-state index contributed by atoms with van der Waals surface area (Å²) in [4.78, 5) is 0. The molecule has 0 unspecified atom stereocenters. The van der Waals surface area contributed by atoms with Gasteiger partial charge in [0.15, 0.2) is 0 Å². The first-order valence-electron chi connectivity index (χ1n) is 6.52. The molecule has 4 N–H and O–H groups in total. The predicted octanol–water partition coefficient (Wildman–Crippen LogP) is 2.38. The smallest absolute Gasteiger partial charge is 0.121 e. The van der Waals surface area contributed by atoms with Crippen molar-refractivity contribution in [1.29, 1.82) is 0 Å². The largest absolute Gasteiger partial charge is 0.497 e.